The second-order valence-electron chi connectivity index (χ2n) is 20.0. The Bertz CT molecular complexity index is 4000. The largest absolute Gasteiger partial charge is 0.310 e. The number of fused-ring (bicyclic) bond motifs is 9. The standard InChI is InChI=1S/C69H50N2Si/c1-69(2)63-29-17-15-27-57(63)58-40-36-53(45-64(58)69)70(52-38-42-66-62(44-52)59-28-16-18-30-65(59)71(66)51-34-31-49(32-35-51)47-19-7-3-8-20-47)54-37-41-61-60-39-33-50(48-21-9-4-10-22-48)43-67(60)72(68(61)46-54,55-23-11-5-12-24-55)56-25-13-6-14-26-56/h3-46H,1-2H3. The summed E-state index contributed by atoms with van der Waals surface area (Å²) in [5.74, 6) is 0. The van der Waals surface area contributed by atoms with E-state index in [2.05, 4.69) is 290 Å². The third kappa shape index (κ3) is 6.34. The fourth-order valence-corrected chi connectivity index (χ4v) is 17.7. The molecule has 1 aliphatic heterocycles. The normalized spacial score (nSPS) is 13.6. The molecule has 0 unspecified atom stereocenters. The Kier molecular flexibility index (Phi) is 9.61. The molecule has 11 aromatic carbocycles. The molecule has 0 fully saturated rings. The lowest BCUT2D eigenvalue weighted by Crippen LogP contribution is -2.72. The fourth-order valence-electron chi connectivity index (χ4n) is 12.5. The number of hydrogen-bond acceptors (Lipinski definition) is 1. The van der Waals surface area contributed by atoms with Gasteiger partial charge in [-0.05, 0) is 137 Å². The quantitative estimate of drug-likeness (QED) is 0.138. The van der Waals surface area contributed by atoms with Gasteiger partial charge in [0.2, 0.25) is 0 Å². The lowest BCUT2D eigenvalue weighted by atomic mass is 9.82. The zero-order valence-electron chi connectivity index (χ0n) is 40.3. The third-order valence-corrected chi connectivity index (χ3v) is 20.7. The van der Waals surface area contributed by atoms with Crippen LogP contribution in [0.1, 0.15) is 25.0 Å². The maximum atomic E-state index is 2.57. The van der Waals surface area contributed by atoms with E-state index in [0.29, 0.717) is 0 Å². The van der Waals surface area contributed by atoms with Crippen molar-refractivity contribution < 1.29 is 0 Å². The van der Waals surface area contributed by atoms with Crippen LogP contribution in [0.3, 0.4) is 0 Å². The van der Waals surface area contributed by atoms with Crippen molar-refractivity contribution in [2.45, 2.75) is 19.3 Å². The fraction of sp³-hybridized carbons (Fsp3) is 0.0435. The minimum atomic E-state index is -2.92. The minimum absolute atomic E-state index is 0.167. The first-order chi connectivity index (χ1) is 35.5. The summed E-state index contributed by atoms with van der Waals surface area (Å²) in [5.41, 5.74) is 19.6. The van der Waals surface area contributed by atoms with E-state index in [1.165, 1.54) is 98.2 Å². The van der Waals surface area contributed by atoms with Crippen LogP contribution < -0.4 is 25.6 Å². The molecule has 0 bridgehead atoms. The van der Waals surface area contributed by atoms with Crippen molar-refractivity contribution in [1.29, 1.82) is 0 Å². The molecule has 0 amide bonds. The van der Waals surface area contributed by atoms with E-state index in [4.69, 9.17) is 0 Å². The predicted molar refractivity (Wildman–Crippen MR) is 307 cm³/mol. The van der Waals surface area contributed by atoms with Crippen LogP contribution in [0.2, 0.25) is 0 Å². The Morgan fingerprint density at radius 1 is 0.333 bits per heavy atom. The van der Waals surface area contributed by atoms with Gasteiger partial charge in [-0.15, -0.1) is 0 Å². The molecule has 0 radical (unpaired) electrons. The molecular weight excluding hydrogens is 885 g/mol. The van der Waals surface area contributed by atoms with Crippen LogP contribution in [0, 0.1) is 0 Å². The lowest BCUT2D eigenvalue weighted by Gasteiger charge is -2.33. The molecular formula is C69H50N2Si. The monoisotopic (exact) mass is 934 g/mol. The van der Waals surface area contributed by atoms with E-state index < -0.39 is 8.07 Å². The van der Waals surface area contributed by atoms with Crippen LogP contribution in [0.4, 0.5) is 17.1 Å². The molecule has 0 N–H and O–H groups in total. The maximum Gasteiger partial charge on any atom is 0.180 e. The minimum Gasteiger partial charge on any atom is -0.310 e. The Morgan fingerprint density at radius 2 is 0.806 bits per heavy atom. The topological polar surface area (TPSA) is 8.17 Å². The smallest absolute Gasteiger partial charge is 0.180 e. The van der Waals surface area contributed by atoms with Crippen molar-refractivity contribution in [2.75, 3.05) is 4.90 Å². The second-order valence-corrected chi connectivity index (χ2v) is 23.8. The van der Waals surface area contributed by atoms with Crippen molar-refractivity contribution >= 4 is 67.7 Å². The number of nitrogens with zero attached hydrogens (tertiary/aromatic N) is 2. The molecule has 1 aliphatic carbocycles. The molecule has 0 atom stereocenters. The summed E-state index contributed by atoms with van der Waals surface area (Å²) >= 11 is 0. The number of aromatic nitrogens is 1. The van der Waals surface area contributed by atoms with Crippen molar-refractivity contribution in [1.82, 2.24) is 4.57 Å². The van der Waals surface area contributed by atoms with Gasteiger partial charge in [-0.25, -0.2) is 0 Å². The summed E-state index contributed by atoms with van der Waals surface area (Å²) in [6, 6.07) is 100. The number of rotatable bonds is 8. The third-order valence-electron chi connectivity index (χ3n) is 15.9. The van der Waals surface area contributed by atoms with Crippen LogP contribution in [-0.4, -0.2) is 12.6 Å². The summed E-state index contributed by atoms with van der Waals surface area (Å²) in [4.78, 5) is 2.54. The van der Waals surface area contributed by atoms with E-state index in [0.717, 1.165) is 22.7 Å². The van der Waals surface area contributed by atoms with Gasteiger partial charge in [-0.2, -0.15) is 0 Å². The molecule has 2 nitrogen and oxygen atoms in total. The van der Waals surface area contributed by atoms with Gasteiger partial charge in [0.15, 0.2) is 8.07 Å². The molecule has 3 heteroatoms. The van der Waals surface area contributed by atoms with Gasteiger partial charge in [0.1, 0.15) is 0 Å². The first-order valence-corrected chi connectivity index (χ1v) is 27.2. The SMILES string of the molecule is CC1(C)c2ccccc2-c2ccc(N(c3ccc4c(c3)[Si](c3ccccc3)(c3ccccc3)c3cc(-c5ccccc5)ccc3-4)c3ccc4c(c3)c3ccccc3n4-c3ccc(-c4ccccc4)cc3)cc21. The Balaban J connectivity index is 1.01. The number of para-hydroxylation sites is 1. The van der Waals surface area contributed by atoms with Crippen molar-refractivity contribution in [3.8, 4) is 50.2 Å². The van der Waals surface area contributed by atoms with Crippen molar-refractivity contribution in [3.63, 3.8) is 0 Å². The molecule has 12 aromatic rings. The highest BCUT2D eigenvalue weighted by atomic mass is 28.3. The van der Waals surface area contributed by atoms with Crippen LogP contribution in [-0.2, 0) is 5.41 Å². The van der Waals surface area contributed by atoms with Gasteiger partial charge in [-0.3, -0.25) is 0 Å². The van der Waals surface area contributed by atoms with Crippen LogP contribution in [0.15, 0.2) is 267 Å². The molecule has 340 valence electrons. The Hall–Kier alpha value is -8.76. The highest BCUT2D eigenvalue weighted by Gasteiger charge is 2.49. The number of anilines is 3. The second kappa shape index (κ2) is 16.4. The van der Waals surface area contributed by atoms with E-state index in [-0.39, 0.29) is 5.41 Å². The van der Waals surface area contributed by atoms with Crippen LogP contribution >= 0.6 is 0 Å². The Labute approximate surface area is 422 Å². The molecule has 0 saturated carbocycles. The zero-order chi connectivity index (χ0) is 48.0. The van der Waals surface area contributed by atoms with Crippen molar-refractivity contribution in [3.05, 3.63) is 278 Å². The molecule has 0 saturated heterocycles. The predicted octanol–water partition coefficient (Wildman–Crippen LogP) is 15.3. The zero-order valence-corrected chi connectivity index (χ0v) is 41.3. The highest BCUT2D eigenvalue weighted by molar-refractivity contribution is 7.22. The van der Waals surface area contributed by atoms with E-state index in [1.807, 2.05) is 0 Å². The van der Waals surface area contributed by atoms with Crippen LogP contribution in [0.25, 0.3) is 72.0 Å². The van der Waals surface area contributed by atoms with E-state index in [1.54, 1.807) is 0 Å². The van der Waals surface area contributed by atoms with E-state index >= 15 is 0 Å². The van der Waals surface area contributed by atoms with Gasteiger partial charge in [0.25, 0.3) is 0 Å². The molecule has 2 aliphatic rings. The lowest BCUT2D eigenvalue weighted by molar-refractivity contribution is 0.660. The molecule has 72 heavy (non-hydrogen) atoms. The van der Waals surface area contributed by atoms with Crippen LogP contribution in [0.5, 0.6) is 0 Å². The Morgan fingerprint density at radius 3 is 1.50 bits per heavy atom. The summed E-state index contributed by atoms with van der Waals surface area (Å²) in [6.45, 7) is 4.77. The van der Waals surface area contributed by atoms with Gasteiger partial charge in [0.05, 0.1) is 11.0 Å². The number of benzene rings is 11. The molecule has 0 spiro atoms. The number of hydrogen-bond donors (Lipinski definition) is 0. The highest BCUT2D eigenvalue weighted by Crippen LogP contribution is 2.51. The summed E-state index contributed by atoms with van der Waals surface area (Å²) in [6.07, 6.45) is 0. The first-order valence-electron chi connectivity index (χ1n) is 25.2. The first kappa shape index (κ1) is 42.1. The maximum absolute atomic E-state index is 2.92. The van der Waals surface area contributed by atoms with Gasteiger partial charge >= 0.3 is 0 Å². The average molecular weight is 935 g/mol. The summed E-state index contributed by atoms with van der Waals surface area (Å²) in [5, 5.41) is 8.05. The van der Waals surface area contributed by atoms with Gasteiger partial charge in [0, 0.05) is 38.9 Å². The average Bonchev–Trinajstić information content (AvgIpc) is 4.02. The molecule has 14 rings (SSSR count). The van der Waals surface area contributed by atoms with Crippen molar-refractivity contribution in [2.24, 2.45) is 0 Å². The summed E-state index contributed by atoms with van der Waals surface area (Å²) < 4.78 is 2.43. The van der Waals surface area contributed by atoms with E-state index in [9.17, 15) is 0 Å². The summed E-state index contributed by atoms with van der Waals surface area (Å²) in [7, 11) is -2.92. The van der Waals surface area contributed by atoms with Gasteiger partial charge in [-0.1, -0.05) is 220 Å². The molecule has 2 heterocycles. The van der Waals surface area contributed by atoms with Gasteiger partial charge < -0.3 is 9.47 Å². The molecule has 1 aromatic heterocycles.